The Morgan fingerprint density at radius 3 is 2.42 bits per heavy atom. The number of nitrogens with zero attached hydrogens (tertiary/aromatic N) is 4. The SMILES string of the molecule is CN(C)[C@]1(c2ccccc2)CC[C@@]2(CC1)CN(c1cnccn1)C(=O)N2. The molecule has 136 valence electrons. The molecule has 0 atom stereocenters. The van der Waals surface area contributed by atoms with Crippen LogP contribution in [0.25, 0.3) is 0 Å². The molecule has 2 amide bonds. The van der Waals surface area contributed by atoms with Gasteiger partial charge < -0.3 is 5.32 Å². The van der Waals surface area contributed by atoms with E-state index in [2.05, 4.69) is 64.6 Å². The van der Waals surface area contributed by atoms with Crippen molar-refractivity contribution in [3.63, 3.8) is 0 Å². The first-order valence-electron chi connectivity index (χ1n) is 9.13. The lowest BCUT2D eigenvalue weighted by Gasteiger charge is -2.48. The molecular formula is C20H25N5O. The molecule has 26 heavy (non-hydrogen) atoms. The summed E-state index contributed by atoms with van der Waals surface area (Å²) in [6.07, 6.45) is 8.82. The highest BCUT2D eigenvalue weighted by Gasteiger charge is 2.50. The molecule has 1 aromatic heterocycles. The summed E-state index contributed by atoms with van der Waals surface area (Å²) in [5.74, 6) is 0.620. The van der Waals surface area contributed by atoms with E-state index in [-0.39, 0.29) is 17.1 Å². The minimum Gasteiger partial charge on any atom is -0.330 e. The van der Waals surface area contributed by atoms with Gasteiger partial charge in [0.1, 0.15) is 0 Å². The average Bonchev–Trinajstić information content (AvgIpc) is 3.00. The lowest BCUT2D eigenvalue weighted by molar-refractivity contribution is 0.0657. The van der Waals surface area contributed by atoms with Gasteiger partial charge in [0, 0.05) is 17.9 Å². The maximum absolute atomic E-state index is 12.5. The Labute approximate surface area is 154 Å². The standard InChI is InChI=1S/C20H25N5O/c1-24(2)20(16-6-4-3-5-7-16)10-8-19(9-11-20)15-25(18(26)23-19)17-14-21-12-13-22-17/h3-7,12-14H,8-11,15H2,1-2H3,(H,23,26)/t19-,20-. The summed E-state index contributed by atoms with van der Waals surface area (Å²) in [6, 6.07) is 10.7. The van der Waals surface area contributed by atoms with Crippen molar-refractivity contribution in [3.8, 4) is 0 Å². The summed E-state index contributed by atoms with van der Waals surface area (Å²) in [5.41, 5.74) is 1.20. The molecule has 1 saturated heterocycles. The molecular weight excluding hydrogens is 326 g/mol. The van der Waals surface area contributed by atoms with Crippen LogP contribution >= 0.6 is 0 Å². The van der Waals surface area contributed by atoms with Crippen molar-refractivity contribution in [3.05, 3.63) is 54.5 Å². The first-order chi connectivity index (χ1) is 12.5. The van der Waals surface area contributed by atoms with Crippen molar-refractivity contribution < 1.29 is 4.79 Å². The smallest absolute Gasteiger partial charge is 0.323 e. The van der Waals surface area contributed by atoms with E-state index in [0.29, 0.717) is 12.4 Å². The van der Waals surface area contributed by atoms with Crippen molar-refractivity contribution in [2.24, 2.45) is 0 Å². The van der Waals surface area contributed by atoms with Gasteiger partial charge >= 0.3 is 6.03 Å². The van der Waals surface area contributed by atoms with E-state index in [0.717, 1.165) is 25.7 Å². The number of anilines is 1. The average molecular weight is 351 g/mol. The van der Waals surface area contributed by atoms with Crippen LogP contribution in [0.1, 0.15) is 31.2 Å². The first-order valence-corrected chi connectivity index (χ1v) is 9.13. The predicted octanol–water partition coefficient (Wildman–Crippen LogP) is 2.78. The van der Waals surface area contributed by atoms with Gasteiger partial charge in [-0.15, -0.1) is 0 Å². The largest absolute Gasteiger partial charge is 0.330 e. The van der Waals surface area contributed by atoms with Gasteiger partial charge in [0.2, 0.25) is 0 Å². The number of nitrogens with one attached hydrogen (secondary N) is 1. The normalized spacial score (nSPS) is 28.6. The van der Waals surface area contributed by atoms with Gasteiger partial charge in [0.15, 0.2) is 5.82 Å². The molecule has 1 aromatic carbocycles. The summed E-state index contributed by atoms with van der Waals surface area (Å²) in [7, 11) is 4.31. The van der Waals surface area contributed by atoms with Gasteiger partial charge in [-0.25, -0.2) is 9.78 Å². The van der Waals surface area contributed by atoms with Crippen LogP contribution in [0.5, 0.6) is 0 Å². The highest BCUT2D eigenvalue weighted by molar-refractivity contribution is 5.94. The van der Waals surface area contributed by atoms with Crippen molar-refractivity contribution in [1.29, 1.82) is 0 Å². The number of urea groups is 1. The number of hydrogen-bond acceptors (Lipinski definition) is 4. The fourth-order valence-corrected chi connectivity index (χ4v) is 4.49. The second-order valence-corrected chi connectivity index (χ2v) is 7.65. The molecule has 0 unspecified atom stereocenters. The molecule has 1 aliphatic heterocycles. The quantitative estimate of drug-likeness (QED) is 0.924. The minimum absolute atomic E-state index is 0.0250. The minimum atomic E-state index is -0.178. The molecule has 1 N–H and O–H groups in total. The molecule has 0 radical (unpaired) electrons. The Morgan fingerprint density at radius 1 is 1.08 bits per heavy atom. The molecule has 1 saturated carbocycles. The molecule has 1 aliphatic carbocycles. The molecule has 0 bridgehead atoms. The van der Waals surface area contributed by atoms with Crippen molar-refractivity contribution in [2.75, 3.05) is 25.5 Å². The maximum Gasteiger partial charge on any atom is 0.323 e. The second kappa shape index (κ2) is 6.36. The number of hydrogen-bond donors (Lipinski definition) is 1. The van der Waals surface area contributed by atoms with Gasteiger partial charge in [-0.1, -0.05) is 30.3 Å². The van der Waals surface area contributed by atoms with E-state index >= 15 is 0 Å². The van der Waals surface area contributed by atoms with Crippen LogP contribution < -0.4 is 10.2 Å². The lowest BCUT2D eigenvalue weighted by atomic mass is 9.69. The first kappa shape index (κ1) is 17.0. The van der Waals surface area contributed by atoms with Crippen LogP contribution in [0.2, 0.25) is 0 Å². The zero-order valence-electron chi connectivity index (χ0n) is 15.4. The van der Waals surface area contributed by atoms with E-state index in [9.17, 15) is 4.79 Å². The highest BCUT2D eigenvalue weighted by Crippen LogP contribution is 2.46. The molecule has 2 aliphatic rings. The molecule has 2 fully saturated rings. The Bertz CT molecular complexity index is 769. The van der Waals surface area contributed by atoms with E-state index in [1.807, 2.05) is 0 Å². The van der Waals surface area contributed by atoms with Crippen LogP contribution in [-0.4, -0.2) is 47.1 Å². The zero-order valence-corrected chi connectivity index (χ0v) is 15.4. The monoisotopic (exact) mass is 351 g/mol. The third-order valence-corrected chi connectivity index (χ3v) is 6.11. The summed E-state index contributed by atoms with van der Waals surface area (Å²) in [5, 5.41) is 3.25. The predicted molar refractivity (Wildman–Crippen MR) is 101 cm³/mol. The highest BCUT2D eigenvalue weighted by atomic mass is 16.2. The molecule has 6 nitrogen and oxygen atoms in total. The number of carbonyl (C=O) groups excluding carboxylic acids is 1. The van der Waals surface area contributed by atoms with Crippen molar-refractivity contribution in [1.82, 2.24) is 20.2 Å². The molecule has 4 rings (SSSR count). The van der Waals surface area contributed by atoms with Crippen LogP contribution in [0.3, 0.4) is 0 Å². The fraction of sp³-hybridized carbons (Fsp3) is 0.450. The maximum atomic E-state index is 12.5. The van der Waals surface area contributed by atoms with E-state index in [4.69, 9.17) is 0 Å². The Balaban J connectivity index is 1.55. The molecule has 1 spiro atoms. The number of carbonyl (C=O) groups is 1. The van der Waals surface area contributed by atoms with Crippen LogP contribution in [-0.2, 0) is 5.54 Å². The number of rotatable bonds is 3. The van der Waals surface area contributed by atoms with Gasteiger partial charge in [0.05, 0.1) is 18.3 Å². The van der Waals surface area contributed by atoms with E-state index in [1.54, 1.807) is 23.5 Å². The van der Waals surface area contributed by atoms with Gasteiger partial charge in [-0.05, 0) is 45.3 Å². The van der Waals surface area contributed by atoms with Gasteiger partial charge in [-0.3, -0.25) is 14.8 Å². The van der Waals surface area contributed by atoms with E-state index in [1.165, 1.54) is 5.56 Å². The third-order valence-electron chi connectivity index (χ3n) is 6.11. The Morgan fingerprint density at radius 2 is 1.81 bits per heavy atom. The summed E-state index contributed by atoms with van der Waals surface area (Å²) in [4.78, 5) is 25.0. The van der Waals surface area contributed by atoms with Crippen LogP contribution in [0.15, 0.2) is 48.9 Å². The summed E-state index contributed by atoms with van der Waals surface area (Å²) < 4.78 is 0. The zero-order chi connectivity index (χ0) is 18.2. The Hall–Kier alpha value is -2.47. The van der Waals surface area contributed by atoms with Crippen LogP contribution in [0, 0.1) is 0 Å². The van der Waals surface area contributed by atoms with Crippen molar-refractivity contribution >= 4 is 11.8 Å². The molecule has 2 aromatic rings. The number of amides is 2. The molecule has 2 heterocycles. The third kappa shape index (κ3) is 2.74. The van der Waals surface area contributed by atoms with Crippen LogP contribution in [0.4, 0.5) is 10.6 Å². The summed E-state index contributed by atoms with van der Waals surface area (Å²) in [6.45, 7) is 0.656. The van der Waals surface area contributed by atoms with E-state index < -0.39 is 0 Å². The summed E-state index contributed by atoms with van der Waals surface area (Å²) >= 11 is 0. The fourth-order valence-electron chi connectivity index (χ4n) is 4.49. The van der Waals surface area contributed by atoms with Gasteiger partial charge in [0.25, 0.3) is 0 Å². The Kier molecular flexibility index (Phi) is 4.15. The number of aromatic nitrogens is 2. The topological polar surface area (TPSA) is 61.4 Å². The number of benzene rings is 1. The lowest BCUT2D eigenvalue weighted by Crippen LogP contribution is -2.54. The second-order valence-electron chi connectivity index (χ2n) is 7.65. The molecule has 6 heteroatoms. The van der Waals surface area contributed by atoms with Crippen molar-refractivity contribution in [2.45, 2.75) is 36.8 Å². The van der Waals surface area contributed by atoms with Gasteiger partial charge in [-0.2, -0.15) is 0 Å².